The number of benzene rings is 1. The van der Waals surface area contributed by atoms with Gasteiger partial charge in [0, 0.05) is 11.6 Å². The SMILES string of the molecule is C=Cc1cc(OC)cc(NC=O)c1C=C. The molecule has 0 radical (unpaired) electrons. The minimum absolute atomic E-state index is 0.620. The van der Waals surface area contributed by atoms with Crippen molar-refractivity contribution in [1.29, 1.82) is 0 Å². The van der Waals surface area contributed by atoms with Crippen LogP contribution in [0.15, 0.2) is 25.3 Å². The maximum absolute atomic E-state index is 10.4. The Morgan fingerprint density at radius 2 is 2.07 bits per heavy atom. The summed E-state index contributed by atoms with van der Waals surface area (Å²) in [5.74, 6) is 0.667. The van der Waals surface area contributed by atoms with Crippen molar-refractivity contribution in [1.82, 2.24) is 0 Å². The number of amides is 1. The molecule has 3 nitrogen and oxygen atoms in total. The van der Waals surface area contributed by atoms with Crippen molar-refractivity contribution >= 4 is 24.2 Å². The number of hydrogen-bond donors (Lipinski definition) is 1. The minimum Gasteiger partial charge on any atom is -0.497 e. The molecule has 0 spiro atoms. The summed E-state index contributed by atoms with van der Waals surface area (Å²) < 4.78 is 5.11. The van der Waals surface area contributed by atoms with Gasteiger partial charge in [0.05, 0.1) is 12.8 Å². The third kappa shape index (κ3) is 2.26. The molecule has 0 unspecified atom stereocenters. The summed E-state index contributed by atoms with van der Waals surface area (Å²) >= 11 is 0. The molecule has 1 amide bonds. The van der Waals surface area contributed by atoms with Crippen molar-refractivity contribution < 1.29 is 9.53 Å². The molecule has 78 valence electrons. The Bertz CT molecular complexity index is 397. The average molecular weight is 203 g/mol. The summed E-state index contributed by atoms with van der Waals surface area (Å²) in [5.41, 5.74) is 2.36. The van der Waals surface area contributed by atoms with Crippen molar-refractivity contribution in [2.75, 3.05) is 12.4 Å². The van der Waals surface area contributed by atoms with E-state index in [0.29, 0.717) is 17.8 Å². The Morgan fingerprint density at radius 3 is 2.53 bits per heavy atom. The number of ether oxygens (including phenoxy) is 1. The van der Waals surface area contributed by atoms with Crippen LogP contribution >= 0.6 is 0 Å². The molecular weight excluding hydrogens is 190 g/mol. The smallest absolute Gasteiger partial charge is 0.211 e. The van der Waals surface area contributed by atoms with Crippen LogP contribution in [0.1, 0.15) is 11.1 Å². The highest BCUT2D eigenvalue weighted by Crippen LogP contribution is 2.28. The lowest BCUT2D eigenvalue weighted by molar-refractivity contribution is -0.105. The van der Waals surface area contributed by atoms with E-state index < -0.39 is 0 Å². The number of methoxy groups -OCH3 is 1. The van der Waals surface area contributed by atoms with E-state index in [1.165, 1.54) is 0 Å². The van der Waals surface area contributed by atoms with Crippen LogP contribution in [-0.2, 0) is 4.79 Å². The zero-order valence-corrected chi connectivity index (χ0v) is 8.62. The average Bonchev–Trinajstić information content (AvgIpc) is 2.28. The fraction of sp³-hybridized carbons (Fsp3) is 0.0833. The molecule has 1 rings (SSSR count). The van der Waals surface area contributed by atoms with Gasteiger partial charge in [0.1, 0.15) is 5.75 Å². The van der Waals surface area contributed by atoms with E-state index in [0.717, 1.165) is 11.1 Å². The van der Waals surface area contributed by atoms with Crippen molar-refractivity contribution in [2.45, 2.75) is 0 Å². The quantitative estimate of drug-likeness (QED) is 0.747. The van der Waals surface area contributed by atoms with Crippen molar-refractivity contribution in [3.63, 3.8) is 0 Å². The molecule has 3 heteroatoms. The maximum Gasteiger partial charge on any atom is 0.211 e. The molecule has 0 aromatic heterocycles. The first kappa shape index (κ1) is 11.0. The molecule has 0 aliphatic rings. The molecule has 0 saturated carbocycles. The Morgan fingerprint density at radius 1 is 1.33 bits per heavy atom. The number of carbonyl (C=O) groups is 1. The van der Waals surface area contributed by atoms with Gasteiger partial charge in [-0.15, -0.1) is 0 Å². The largest absolute Gasteiger partial charge is 0.497 e. The van der Waals surface area contributed by atoms with Crippen LogP contribution in [0.2, 0.25) is 0 Å². The molecule has 15 heavy (non-hydrogen) atoms. The minimum atomic E-state index is 0.620. The zero-order valence-electron chi connectivity index (χ0n) is 8.62. The van der Waals surface area contributed by atoms with Gasteiger partial charge in [-0.25, -0.2) is 0 Å². The number of hydrogen-bond acceptors (Lipinski definition) is 2. The van der Waals surface area contributed by atoms with Crippen LogP contribution in [0.3, 0.4) is 0 Å². The Labute approximate surface area is 89.1 Å². The van der Waals surface area contributed by atoms with Crippen LogP contribution in [0, 0.1) is 0 Å². The second kappa shape index (κ2) is 5.00. The normalized spacial score (nSPS) is 9.13. The molecule has 0 fully saturated rings. The van der Waals surface area contributed by atoms with E-state index in [4.69, 9.17) is 4.74 Å². The molecule has 1 aromatic rings. The fourth-order valence-electron chi connectivity index (χ4n) is 1.35. The zero-order chi connectivity index (χ0) is 11.3. The van der Waals surface area contributed by atoms with Gasteiger partial charge in [0.25, 0.3) is 0 Å². The van der Waals surface area contributed by atoms with Gasteiger partial charge >= 0.3 is 0 Å². The highest BCUT2D eigenvalue weighted by Gasteiger charge is 2.06. The Kier molecular flexibility index (Phi) is 3.68. The second-order valence-electron chi connectivity index (χ2n) is 2.85. The standard InChI is InChI=1S/C12H13NO2/c1-4-9-6-10(15-3)7-12(13-8-14)11(9)5-2/h4-8H,1-2H2,3H3,(H,13,14). The summed E-state index contributed by atoms with van der Waals surface area (Å²) in [6.07, 6.45) is 3.98. The first-order valence-corrected chi connectivity index (χ1v) is 4.44. The van der Waals surface area contributed by atoms with E-state index >= 15 is 0 Å². The predicted molar refractivity (Wildman–Crippen MR) is 62.9 cm³/mol. The van der Waals surface area contributed by atoms with Gasteiger partial charge in [-0.05, 0) is 11.6 Å². The number of nitrogens with one attached hydrogen (secondary N) is 1. The van der Waals surface area contributed by atoms with Gasteiger partial charge in [0.15, 0.2) is 0 Å². The van der Waals surface area contributed by atoms with E-state index in [1.54, 1.807) is 25.3 Å². The molecule has 1 N–H and O–H groups in total. The topological polar surface area (TPSA) is 38.3 Å². The van der Waals surface area contributed by atoms with Crippen molar-refractivity contribution in [3.05, 3.63) is 36.4 Å². The maximum atomic E-state index is 10.4. The highest BCUT2D eigenvalue weighted by atomic mass is 16.5. The molecule has 0 saturated heterocycles. The van der Waals surface area contributed by atoms with E-state index in [9.17, 15) is 4.79 Å². The molecule has 0 bridgehead atoms. The van der Waals surface area contributed by atoms with Gasteiger partial charge in [-0.3, -0.25) is 4.79 Å². The van der Waals surface area contributed by atoms with Gasteiger partial charge < -0.3 is 10.1 Å². The lowest BCUT2D eigenvalue weighted by atomic mass is 10.0. The van der Waals surface area contributed by atoms with Crippen LogP contribution in [-0.4, -0.2) is 13.5 Å². The molecule has 0 atom stereocenters. The Balaban J connectivity index is 3.37. The first-order chi connectivity index (χ1) is 7.26. The lowest BCUT2D eigenvalue weighted by Crippen LogP contribution is -1.99. The van der Waals surface area contributed by atoms with Gasteiger partial charge in [-0.1, -0.05) is 25.3 Å². The van der Waals surface area contributed by atoms with Crippen molar-refractivity contribution in [2.24, 2.45) is 0 Å². The summed E-state index contributed by atoms with van der Waals surface area (Å²) in [7, 11) is 1.57. The molecule has 0 aliphatic carbocycles. The third-order valence-corrected chi connectivity index (χ3v) is 2.06. The van der Waals surface area contributed by atoms with Crippen LogP contribution in [0.5, 0.6) is 5.75 Å². The van der Waals surface area contributed by atoms with Gasteiger partial charge in [0.2, 0.25) is 6.41 Å². The van der Waals surface area contributed by atoms with Crippen LogP contribution in [0.4, 0.5) is 5.69 Å². The first-order valence-electron chi connectivity index (χ1n) is 4.44. The molecule has 1 aromatic carbocycles. The monoisotopic (exact) mass is 203 g/mol. The number of rotatable bonds is 5. The van der Waals surface area contributed by atoms with Crippen molar-refractivity contribution in [3.8, 4) is 5.75 Å². The highest BCUT2D eigenvalue weighted by molar-refractivity contribution is 5.83. The predicted octanol–water partition coefficient (Wildman–Crippen LogP) is 2.55. The van der Waals surface area contributed by atoms with Crippen LogP contribution in [0.25, 0.3) is 12.2 Å². The lowest BCUT2D eigenvalue weighted by Gasteiger charge is -2.10. The van der Waals surface area contributed by atoms with Crippen LogP contribution < -0.4 is 10.1 Å². The summed E-state index contributed by atoms with van der Waals surface area (Å²) in [4.78, 5) is 10.4. The summed E-state index contributed by atoms with van der Waals surface area (Å²) in [6, 6.07) is 3.57. The molecule has 0 aliphatic heterocycles. The number of anilines is 1. The van der Waals surface area contributed by atoms with E-state index in [-0.39, 0.29) is 0 Å². The second-order valence-corrected chi connectivity index (χ2v) is 2.85. The van der Waals surface area contributed by atoms with E-state index in [1.807, 2.05) is 6.07 Å². The Hall–Kier alpha value is -2.03. The molecule has 0 heterocycles. The summed E-state index contributed by atoms with van der Waals surface area (Å²) in [6.45, 7) is 7.39. The van der Waals surface area contributed by atoms with Gasteiger partial charge in [-0.2, -0.15) is 0 Å². The van der Waals surface area contributed by atoms with E-state index in [2.05, 4.69) is 18.5 Å². The number of carbonyl (C=O) groups excluding carboxylic acids is 1. The molecular formula is C12H13NO2. The third-order valence-electron chi connectivity index (χ3n) is 2.06. The fourth-order valence-corrected chi connectivity index (χ4v) is 1.35. The summed E-state index contributed by atoms with van der Waals surface area (Å²) in [5, 5.41) is 2.60.